The van der Waals surface area contributed by atoms with Crippen molar-refractivity contribution in [2.45, 2.75) is 210 Å². The Bertz CT molecular complexity index is 1660. The van der Waals surface area contributed by atoms with Gasteiger partial charge in [0.25, 0.3) is 0 Å². The van der Waals surface area contributed by atoms with Gasteiger partial charge in [0.05, 0.1) is 0 Å². The maximum Gasteiger partial charge on any atom is 0.0403 e. The molecular formula is C57H94N4. The molecule has 3 N–H and O–H groups in total. The minimum Gasteiger partial charge on any atom is -0.380 e. The zero-order valence-corrected chi connectivity index (χ0v) is 43.3. The van der Waals surface area contributed by atoms with Crippen LogP contribution < -0.4 is 20.9 Å². The first-order chi connectivity index (χ1) is 28.8. The van der Waals surface area contributed by atoms with Crippen LogP contribution in [0.2, 0.25) is 0 Å². The average Bonchev–Trinajstić information content (AvgIpc) is 3.22. The molecule has 0 fully saturated rings. The second-order valence-corrected chi connectivity index (χ2v) is 19.1. The number of para-hydroxylation sites is 4. The lowest BCUT2D eigenvalue weighted by Gasteiger charge is -2.45. The van der Waals surface area contributed by atoms with E-state index in [4.69, 9.17) is 0 Å². The van der Waals surface area contributed by atoms with Gasteiger partial charge >= 0.3 is 0 Å². The van der Waals surface area contributed by atoms with Gasteiger partial charge in [0.15, 0.2) is 0 Å². The smallest absolute Gasteiger partial charge is 0.0403 e. The highest BCUT2D eigenvalue weighted by Crippen LogP contribution is 2.43. The molecule has 4 aliphatic rings. The Morgan fingerprint density at radius 3 is 0.934 bits per heavy atom. The molecule has 4 atom stereocenters. The average molecular weight is 835 g/mol. The number of rotatable bonds is 0. The summed E-state index contributed by atoms with van der Waals surface area (Å²) in [4.78, 5) is 2.41. The molecule has 342 valence electrons. The molecule has 0 spiro atoms. The summed E-state index contributed by atoms with van der Waals surface area (Å²) in [5.41, 5.74) is 12.2. The van der Waals surface area contributed by atoms with E-state index < -0.39 is 0 Å². The van der Waals surface area contributed by atoms with Crippen LogP contribution >= 0.6 is 0 Å². The Balaban J connectivity index is 0.000000385. The Morgan fingerprint density at radius 1 is 0.377 bits per heavy atom. The van der Waals surface area contributed by atoms with Crippen molar-refractivity contribution in [3.63, 3.8) is 0 Å². The zero-order valence-electron chi connectivity index (χ0n) is 43.3. The van der Waals surface area contributed by atoms with E-state index in [0.29, 0.717) is 23.7 Å². The minimum atomic E-state index is 0.244. The molecule has 61 heavy (non-hydrogen) atoms. The van der Waals surface area contributed by atoms with E-state index in [9.17, 15) is 0 Å². The van der Waals surface area contributed by atoms with Crippen molar-refractivity contribution >= 4 is 22.7 Å². The van der Waals surface area contributed by atoms with E-state index in [1.165, 1.54) is 70.7 Å². The molecule has 8 rings (SSSR count). The molecule has 0 saturated heterocycles. The van der Waals surface area contributed by atoms with E-state index in [1.54, 1.807) is 0 Å². The SMILES string of the molecule is CC.CC.CC.CC.CC1CC(C)(C)Nc2ccccc21.C[C@@H]1CC(C)(C)Nc2ccccc21.C[C@H]1CC(C)(C)N(C)c2ccccc21.C[C@H]1CC(C)(C)Nc2ccccc21. The lowest BCUT2D eigenvalue weighted by Crippen LogP contribution is -2.45. The second kappa shape index (κ2) is 25.3. The highest BCUT2D eigenvalue weighted by molar-refractivity contribution is 5.60. The molecule has 4 nitrogen and oxygen atoms in total. The van der Waals surface area contributed by atoms with Crippen LogP contribution in [0.5, 0.6) is 0 Å². The maximum atomic E-state index is 3.57. The van der Waals surface area contributed by atoms with Crippen LogP contribution in [-0.4, -0.2) is 29.2 Å². The summed E-state index contributed by atoms with van der Waals surface area (Å²) >= 11 is 0. The minimum absolute atomic E-state index is 0.244. The van der Waals surface area contributed by atoms with Gasteiger partial charge in [0.2, 0.25) is 0 Å². The van der Waals surface area contributed by atoms with Gasteiger partial charge in [-0.15, -0.1) is 0 Å². The molecule has 4 heterocycles. The Morgan fingerprint density at radius 2 is 0.623 bits per heavy atom. The van der Waals surface area contributed by atoms with Gasteiger partial charge in [-0.2, -0.15) is 0 Å². The molecule has 4 heteroatoms. The summed E-state index contributed by atoms with van der Waals surface area (Å²) in [6.45, 7) is 43.5. The number of hydrogen-bond acceptors (Lipinski definition) is 4. The Kier molecular flexibility index (Phi) is 22.8. The normalized spacial score (nSPS) is 21.8. The van der Waals surface area contributed by atoms with Crippen LogP contribution in [0.4, 0.5) is 22.7 Å². The molecule has 4 aliphatic heterocycles. The highest BCUT2D eigenvalue weighted by Gasteiger charge is 2.34. The molecule has 4 aromatic carbocycles. The number of anilines is 4. The maximum absolute atomic E-state index is 3.57. The zero-order chi connectivity index (χ0) is 46.8. The predicted molar refractivity (Wildman–Crippen MR) is 279 cm³/mol. The number of nitrogens with zero attached hydrogens (tertiary/aromatic N) is 1. The molecule has 0 radical (unpaired) electrons. The predicted octanol–water partition coefficient (Wildman–Crippen LogP) is 17.7. The van der Waals surface area contributed by atoms with Crippen LogP contribution in [0.15, 0.2) is 97.1 Å². The number of fused-ring (bicyclic) bond motifs is 4. The number of nitrogens with one attached hydrogen (secondary N) is 3. The fourth-order valence-electron chi connectivity index (χ4n) is 9.53. The molecule has 0 bridgehead atoms. The molecule has 0 aliphatic carbocycles. The molecule has 0 amide bonds. The van der Waals surface area contributed by atoms with Crippen LogP contribution in [-0.2, 0) is 0 Å². The van der Waals surface area contributed by atoms with Crippen molar-refractivity contribution in [1.29, 1.82) is 0 Å². The van der Waals surface area contributed by atoms with Gasteiger partial charge in [0, 0.05) is 52.0 Å². The third-order valence-electron chi connectivity index (χ3n) is 11.9. The van der Waals surface area contributed by atoms with Gasteiger partial charge in [0.1, 0.15) is 0 Å². The fourth-order valence-corrected chi connectivity index (χ4v) is 9.53. The van der Waals surface area contributed by atoms with E-state index in [1.807, 2.05) is 55.4 Å². The third kappa shape index (κ3) is 16.1. The molecule has 0 saturated carbocycles. The van der Waals surface area contributed by atoms with Crippen molar-refractivity contribution in [2.75, 3.05) is 27.9 Å². The number of benzene rings is 4. The second-order valence-electron chi connectivity index (χ2n) is 19.1. The van der Waals surface area contributed by atoms with Gasteiger partial charge in [-0.25, -0.2) is 0 Å². The summed E-state index contributed by atoms with van der Waals surface area (Å²) < 4.78 is 0. The Hall–Kier alpha value is -3.92. The Labute approximate surface area is 378 Å². The van der Waals surface area contributed by atoms with E-state index in [-0.39, 0.29) is 22.2 Å². The lowest BCUT2D eigenvalue weighted by molar-refractivity contribution is 0.395. The van der Waals surface area contributed by atoms with Gasteiger partial charge in [-0.1, -0.05) is 156 Å². The van der Waals surface area contributed by atoms with Crippen molar-refractivity contribution in [2.24, 2.45) is 0 Å². The van der Waals surface area contributed by atoms with Crippen molar-refractivity contribution < 1.29 is 0 Å². The molecule has 0 aromatic heterocycles. The first-order valence-corrected chi connectivity index (χ1v) is 24.2. The fraction of sp³-hybridized carbons (Fsp3) is 0.579. The van der Waals surface area contributed by atoms with E-state index in [2.05, 4.69) is 208 Å². The third-order valence-corrected chi connectivity index (χ3v) is 11.9. The van der Waals surface area contributed by atoms with Crippen LogP contribution in [0.3, 0.4) is 0 Å². The first-order valence-electron chi connectivity index (χ1n) is 24.2. The summed E-state index contributed by atoms with van der Waals surface area (Å²) in [6.07, 6.45) is 4.87. The lowest BCUT2D eigenvalue weighted by atomic mass is 9.80. The molecule has 4 aromatic rings. The topological polar surface area (TPSA) is 39.3 Å². The van der Waals surface area contributed by atoms with E-state index in [0.717, 1.165) is 0 Å². The van der Waals surface area contributed by atoms with E-state index >= 15 is 0 Å². The summed E-state index contributed by atoms with van der Waals surface area (Å²) in [6, 6.07) is 34.6. The van der Waals surface area contributed by atoms with Gasteiger partial charge < -0.3 is 20.9 Å². The van der Waals surface area contributed by atoms with Gasteiger partial charge in [-0.3, -0.25) is 0 Å². The van der Waals surface area contributed by atoms with Crippen molar-refractivity contribution in [1.82, 2.24) is 0 Å². The first kappa shape index (κ1) is 55.1. The van der Waals surface area contributed by atoms with Crippen LogP contribution in [0.25, 0.3) is 0 Å². The van der Waals surface area contributed by atoms with Crippen LogP contribution in [0, 0.1) is 0 Å². The molecular weight excluding hydrogens is 741 g/mol. The van der Waals surface area contributed by atoms with Crippen LogP contribution in [0.1, 0.15) is 210 Å². The molecule has 1 unspecified atom stereocenters. The van der Waals surface area contributed by atoms with Gasteiger partial charge in [-0.05, 0) is 151 Å². The van der Waals surface area contributed by atoms with Crippen molar-refractivity contribution in [3.8, 4) is 0 Å². The summed E-state index contributed by atoms with van der Waals surface area (Å²) in [5.74, 6) is 2.70. The summed E-state index contributed by atoms with van der Waals surface area (Å²) in [7, 11) is 2.20. The monoisotopic (exact) mass is 835 g/mol. The highest BCUT2D eigenvalue weighted by atomic mass is 15.2. The number of hydrogen-bond donors (Lipinski definition) is 3. The summed E-state index contributed by atoms with van der Waals surface area (Å²) in [5, 5.41) is 10.7. The quantitative estimate of drug-likeness (QED) is 0.165. The van der Waals surface area contributed by atoms with Crippen molar-refractivity contribution in [3.05, 3.63) is 119 Å². The standard InChI is InChI=1S/C13H19N.3C12H17N.4C2H6/c1-10-9-13(2,3)14(4)12-8-6-5-7-11(10)12;3*1-9-8-12(2,3)13-11-7-5-4-6-10(9)11;4*1-2/h5-8,10H,9H2,1-4H3;3*4-7,9,13H,8H2,1-3H3;4*1-2H3/t10-;2*9-;;;;;/m010...../s1. The largest absolute Gasteiger partial charge is 0.380 e.